The third-order valence-corrected chi connectivity index (χ3v) is 0.914. The molecule has 0 aliphatic heterocycles. The van der Waals surface area contributed by atoms with Crippen molar-refractivity contribution in [2.75, 3.05) is 20.8 Å². The zero-order valence-corrected chi connectivity index (χ0v) is 6.53. The zero-order chi connectivity index (χ0) is 7.98. The van der Waals surface area contributed by atoms with Gasteiger partial charge in [-0.15, -0.1) is 0 Å². The number of hydrogen-bond acceptors (Lipinski definition) is 4. The van der Waals surface area contributed by atoms with Gasteiger partial charge in [0.05, 0.1) is 6.61 Å². The van der Waals surface area contributed by atoms with E-state index in [2.05, 4.69) is 0 Å². The van der Waals surface area contributed by atoms with E-state index in [0.717, 1.165) is 0 Å². The summed E-state index contributed by atoms with van der Waals surface area (Å²) in [5.41, 5.74) is 0. The third-order valence-electron chi connectivity index (χ3n) is 0.914. The molecule has 2 unspecified atom stereocenters. The highest BCUT2D eigenvalue weighted by atomic mass is 16.7. The lowest BCUT2D eigenvalue weighted by atomic mass is 10.6. The van der Waals surface area contributed by atoms with Crippen molar-refractivity contribution in [2.45, 2.75) is 19.5 Å². The molecule has 0 aliphatic carbocycles. The number of methoxy groups -OCH3 is 2. The maximum Gasteiger partial charge on any atom is 0.183 e. The Balaban J connectivity index is 3.39. The van der Waals surface area contributed by atoms with E-state index in [1.165, 1.54) is 21.1 Å². The Morgan fingerprint density at radius 1 is 1.40 bits per heavy atom. The van der Waals surface area contributed by atoms with Crippen LogP contribution in [-0.2, 0) is 14.2 Å². The summed E-state index contributed by atoms with van der Waals surface area (Å²) >= 11 is 0. The molecule has 4 nitrogen and oxygen atoms in total. The van der Waals surface area contributed by atoms with Gasteiger partial charge in [-0.05, 0) is 6.92 Å². The number of rotatable bonds is 5. The lowest BCUT2D eigenvalue weighted by Crippen LogP contribution is -2.25. The Kier molecular flexibility index (Phi) is 5.52. The summed E-state index contributed by atoms with van der Waals surface area (Å²) in [5.74, 6) is 0. The molecule has 0 aliphatic rings. The molecule has 0 heterocycles. The van der Waals surface area contributed by atoms with Crippen LogP contribution in [0.5, 0.6) is 0 Å². The number of ether oxygens (including phenoxy) is 3. The van der Waals surface area contributed by atoms with Gasteiger partial charge >= 0.3 is 0 Å². The summed E-state index contributed by atoms with van der Waals surface area (Å²) in [6, 6.07) is 0. The molecule has 10 heavy (non-hydrogen) atoms. The van der Waals surface area contributed by atoms with Gasteiger partial charge < -0.3 is 19.3 Å². The highest BCUT2D eigenvalue weighted by Gasteiger charge is 2.08. The summed E-state index contributed by atoms with van der Waals surface area (Å²) in [4.78, 5) is 0. The Morgan fingerprint density at radius 2 is 2.00 bits per heavy atom. The van der Waals surface area contributed by atoms with Gasteiger partial charge in [0.15, 0.2) is 12.6 Å². The highest BCUT2D eigenvalue weighted by Crippen LogP contribution is 1.96. The van der Waals surface area contributed by atoms with Crippen molar-refractivity contribution < 1.29 is 19.3 Å². The van der Waals surface area contributed by atoms with Crippen LogP contribution < -0.4 is 0 Å². The molecule has 0 amide bonds. The normalized spacial score (nSPS) is 16.8. The van der Waals surface area contributed by atoms with Gasteiger partial charge in [-0.25, -0.2) is 0 Å². The quantitative estimate of drug-likeness (QED) is 0.559. The van der Waals surface area contributed by atoms with E-state index in [4.69, 9.17) is 19.3 Å². The molecular formula is C6H14O4. The van der Waals surface area contributed by atoms with E-state index < -0.39 is 12.6 Å². The van der Waals surface area contributed by atoms with Crippen LogP contribution >= 0.6 is 0 Å². The van der Waals surface area contributed by atoms with Gasteiger partial charge in [0, 0.05) is 14.2 Å². The van der Waals surface area contributed by atoms with Crippen LogP contribution in [0, 0.1) is 0 Å². The largest absolute Gasteiger partial charge is 0.379 e. The lowest BCUT2D eigenvalue weighted by Gasteiger charge is -2.16. The van der Waals surface area contributed by atoms with Crippen molar-refractivity contribution in [3.8, 4) is 0 Å². The first-order chi connectivity index (χ1) is 4.70. The number of hydrogen-bond donors (Lipinski definition) is 1. The Labute approximate surface area is 60.7 Å². The molecule has 0 fully saturated rings. The first-order valence-electron chi connectivity index (χ1n) is 3.06. The van der Waals surface area contributed by atoms with Gasteiger partial charge in [-0.1, -0.05) is 0 Å². The van der Waals surface area contributed by atoms with Crippen molar-refractivity contribution in [3.63, 3.8) is 0 Å². The van der Waals surface area contributed by atoms with Crippen LogP contribution in [0.4, 0.5) is 0 Å². The first-order valence-corrected chi connectivity index (χ1v) is 3.06. The summed E-state index contributed by atoms with van der Waals surface area (Å²) in [6.07, 6.45) is -1.30. The molecule has 0 aromatic carbocycles. The molecule has 0 rings (SSSR count). The second-order valence-electron chi connectivity index (χ2n) is 1.86. The van der Waals surface area contributed by atoms with E-state index in [-0.39, 0.29) is 0 Å². The van der Waals surface area contributed by atoms with Crippen molar-refractivity contribution in [3.05, 3.63) is 0 Å². The van der Waals surface area contributed by atoms with Gasteiger partial charge in [-0.3, -0.25) is 0 Å². The van der Waals surface area contributed by atoms with E-state index >= 15 is 0 Å². The highest BCUT2D eigenvalue weighted by molar-refractivity contribution is 4.38. The van der Waals surface area contributed by atoms with Gasteiger partial charge in [-0.2, -0.15) is 0 Å². The van der Waals surface area contributed by atoms with Crippen LogP contribution in [0.15, 0.2) is 0 Å². The fraction of sp³-hybridized carbons (Fsp3) is 1.00. The molecule has 0 radical (unpaired) electrons. The van der Waals surface area contributed by atoms with Crippen LogP contribution in [0.2, 0.25) is 0 Å². The minimum atomic E-state index is -0.819. The molecule has 0 aromatic heterocycles. The van der Waals surface area contributed by atoms with Gasteiger partial charge in [0.25, 0.3) is 0 Å². The average molecular weight is 150 g/mol. The second-order valence-corrected chi connectivity index (χ2v) is 1.86. The van der Waals surface area contributed by atoms with Crippen molar-refractivity contribution in [1.29, 1.82) is 0 Å². The minimum Gasteiger partial charge on any atom is -0.379 e. The third kappa shape index (κ3) is 4.69. The topological polar surface area (TPSA) is 47.9 Å². The van der Waals surface area contributed by atoms with E-state index in [1.54, 1.807) is 0 Å². The van der Waals surface area contributed by atoms with Crippen LogP contribution in [0.1, 0.15) is 6.92 Å². The molecule has 0 aromatic rings. The van der Waals surface area contributed by atoms with Crippen LogP contribution in [0.3, 0.4) is 0 Å². The Hall–Kier alpha value is -0.160. The lowest BCUT2D eigenvalue weighted by molar-refractivity contribution is -0.226. The second kappa shape index (κ2) is 5.61. The predicted octanol–water partition coefficient (Wildman–Crippen LogP) is -0.0398. The standard InChI is InChI=1S/C6H14O4/c1-5(7)10-6(9-3)4-8-2/h5-7H,4H2,1-3H3. The molecule has 1 N–H and O–H groups in total. The SMILES string of the molecule is COCC(OC)OC(C)O. The van der Waals surface area contributed by atoms with E-state index in [1.807, 2.05) is 0 Å². The van der Waals surface area contributed by atoms with Gasteiger partial charge in [0.1, 0.15) is 0 Å². The molecule has 0 spiro atoms. The molecule has 0 saturated heterocycles. The molecule has 0 bridgehead atoms. The Morgan fingerprint density at radius 3 is 2.30 bits per heavy atom. The average Bonchev–Trinajstić information content (AvgIpc) is 1.86. The van der Waals surface area contributed by atoms with Crippen molar-refractivity contribution in [1.82, 2.24) is 0 Å². The maximum absolute atomic E-state index is 8.72. The first kappa shape index (κ1) is 9.84. The van der Waals surface area contributed by atoms with Crippen LogP contribution in [0.25, 0.3) is 0 Å². The van der Waals surface area contributed by atoms with E-state index in [9.17, 15) is 0 Å². The fourth-order valence-electron chi connectivity index (χ4n) is 0.519. The summed E-state index contributed by atoms with van der Waals surface area (Å²) in [5, 5.41) is 8.72. The molecule has 0 saturated carbocycles. The smallest absolute Gasteiger partial charge is 0.183 e. The number of aliphatic hydroxyl groups excluding tert-OH is 1. The van der Waals surface area contributed by atoms with Crippen molar-refractivity contribution >= 4 is 0 Å². The van der Waals surface area contributed by atoms with Gasteiger partial charge in [0.2, 0.25) is 0 Å². The predicted molar refractivity (Wildman–Crippen MR) is 35.4 cm³/mol. The van der Waals surface area contributed by atoms with Crippen LogP contribution in [-0.4, -0.2) is 38.5 Å². The minimum absolute atomic E-state index is 0.321. The Bertz CT molecular complexity index is 74.1. The summed E-state index contributed by atoms with van der Waals surface area (Å²) < 4.78 is 14.4. The number of aliphatic hydroxyl groups is 1. The maximum atomic E-state index is 8.72. The van der Waals surface area contributed by atoms with Crippen molar-refractivity contribution in [2.24, 2.45) is 0 Å². The molecular weight excluding hydrogens is 136 g/mol. The zero-order valence-electron chi connectivity index (χ0n) is 6.53. The molecule has 2 atom stereocenters. The molecule has 4 heteroatoms. The molecule has 62 valence electrons. The summed E-state index contributed by atoms with van der Waals surface area (Å²) in [7, 11) is 3.03. The van der Waals surface area contributed by atoms with E-state index in [0.29, 0.717) is 6.61 Å². The monoisotopic (exact) mass is 150 g/mol. The fourth-order valence-corrected chi connectivity index (χ4v) is 0.519. The summed E-state index contributed by atoms with van der Waals surface area (Å²) in [6.45, 7) is 1.84.